The van der Waals surface area contributed by atoms with Crippen molar-refractivity contribution < 1.29 is 14.3 Å². The lowest BCUT2D eigenvalue weighted by Gasteiger charge is -2.28. The number of aromatic nitrogens is 1. The standard InChI is InChI=1S/C22H25N3O3S/c1-3-28-21(27)24-14-13-23-20(26)22(2,16-9-5-4-6-10-16)15-19-25-17-11-7-8-12-18(17)29-19/h4-12H,3,13-15H2,1-2H3,(H,23,26)(H,24,27). The monoisotopic (exact) mass is 411 g/mol. The number of nitrogens with one attached hydrogen (secondary N) is 2. The maximum atomic E-state index is 13.2. The zero-order valence-electron chi connectivity index (χ0n) is 16.6. The Balaban J connectivity index is 1.75. The van der Waals surface area contributed by atoms with Crippen LogP contribution in [0.2, 0.25) is 0 Å². The number of carbonyl (C=O) groups excluding carboxylic acids is 2. The number of hydrogen-bond acceptors (Lipinski definition) is 5. The highest BCUT2D eigenvalue weighted by molar-refractivity contribution is 7.18. The van der Waals surface area contributed by atoms with E-state index in [2.05, 4.69) is 10.6 Å². The van der Waals surface area contributed by atoms with Crippen molar-refractivity contribution in [2.75, 3.05) is 19.7 Å². The van der Waals surface area contributed by atoms with E-state index in [1.165, 1.54) is 0 Å². The van der Waals surface area contributed by atoms with E-state index in [1.54, 1.807) is 18.3 Å². The van der Waals surface area contributed by atoms with Gasteiger partial charge in [0, 0.05) is 19.5 Å². The highest BCUT2D eigenvalue weighted by atomic mass is 32.1. The normalized spacial score (nSPS) is 12.9. The molecule has 0 radical (unpaired) electrons. The van der Waals surface area contributed by atoms with Crippen molar-refractivity contribution >= 4 is 33.6 Å². The fourth-order valence-electron chi connectivity index (χ4n) is 3.14. The minimum atomic E-state index is -0.779. The van der Waals surface area contributed by atoms with Crippen LogP contribution in [0.15, 0.2) is 54.6 Å². The predicted molar refractivity (Wildman–Crippen MR) is 115 cm³/mol. The van der Waals surface area contributed by atoms with Crippen LogP contribution < -0.4 is 10.6 Å². The molecule has 1 heterocycles. The van der Waals surface area contributed by atoms with Crippen molar-refractivity contribution in [1.82, 2.24) is 15.6 Å². The van der Waals surface area contributed by atoms with Crippen LogP contribution in [0.25, 0.3) is 10.2 Å². The summed E-state index contributed by atoms with van der Waals surface area (Å²) in [7, 11) is 0. The second kappa shape index (κ2) is 9.52. The van der Waals surface area contributed by atoms with Gasteiger partial charge in [-0.25, -0.2) is 9.78 Å². The molecule has 3 rings (SSSR count). The van der Waals surface area contributed by atoms with Crippen molar-refractivity contribution in [1.29, 1.82) is 0 Å². The third-order valence-corrected chi connectivity index (χ3v) is 5.75. The molecule has 2 N–H and O–H groups in total. The predicted octanol–water partition coefficient (Wildman–Crippen LogP) is 3.66. The molecule has 29 heavy (non-hydrogen) atoms. The smallest absolute Gasteiger partial charge is 0.407 e. The van der Waals surface area contributed by atoms with Gasteiger partial charge in [0.25, 0.3) is 0 Å². The molecule has 0 bridgehead atoms. The Morgan fingerprint density at radius 3 is 2.45 bits per heavy atom. The number of hydrogen-bond donors (Lipinski definition) is 2. The van der Waals surface area contributed by atoms with Crippen LogP contribution in [-0.2, 0) is 21.4 Å². The number of ether oxygens (including phenoxy) is 1. The number of benzene rings is 2. The lowest BCUT2D eigenvalue weighted by atomic mass is 9.78. The third-order valence-electron chi connectivity index (χ3n) is 4.71. The number of nitrogens with zero attached hydrogens (tertiary/aromatic N) is 1. The molecule has 0 spiro atoms. The zero-order chi connectivity index (χ0) is 20.7. The van der Waals surface area contributed by atoms with E-state index in [0.717, 1.165) is 20.8 Å². The number of rotatable bonds is 8. The van der Waals surface area contributed by atoms with Gasteiger partial charge in [0.1, 0.15) is 0 Å². The van der Waals surface area contributed by atoms with Gasteiger partial charge in [0.15, 0.2) is 0 Å². The van der Waals surface area contributed by atoms with Gasteiger partial charge in [-0.05, 0) is 31.5 Å². The van der Waals surface area contributed by atoms with E-state index in [1.807, 2.05) is 61.5 Å². The second-order valence-corrected chi connectivity index (χ2v) is 7.97. The van der Waals surface area contributed by atoms with Crippen LogP contribution in [0.1, 0.15) is 24.4 Å². The van der Waals surface area contributed by atoms with Crippen molar-refractivity contribution in [2.24, 2.45) is 0 Å². The summed E-state index contributed by atoms with van der Waals surface area (Å²) in [5.74, 6) is -0.103. The Morgan fingerprint density at radius 1 is 1.03 bits per heavy atom. The SMILES string of the molecule is CCOC(=O)NCCNC(=O)C(C)(Cc1nc2ccccc2s1)c1ccccc1. The van der Waals surface area contributed by atoms with Gasteiger partial charge in [-0.2, -0.15) is 0 Å². The summed E-state index contributed by atoms with van der Waals surface area (Å²) in [6, 6.07) is 17.7. The molecular formula is C22H25N3O3S. The van der Waals surface area contributed by atoms with Gasteiger partial charge in [-0.15, -0.1) is 11.3 Å². The van der Waals surface area contributed by atoms with Crippen molar-refractivity contribution in [3.8, 4) is 0 Å². The van der Waals surface area contributed by atoms with E-state index in [4.69, 9.17) is 9.72 Å². The molecule has 6 nitrogen and oxygen atoms in total. The molecular weight excluding hydrogens is 386 g/mol. The molecule has 0 aliphatic heterocycles. The summed E-state index contributed by atoms with van der Waals surface area (Å²) in [4.78, 5) is 29.3. The van der Waals surface area contributed by atoms with E-state index in [-0.39, 0.29) is 5.91 Å². The first-order chi connectivity index (χ1) is 14.0. The largest absolute Gasteiger partial charge is 0.450 e. The van der Waals surface area contributed by atoms with Crippen LogP contribution in [0, 0.1) is 0 Å². The Bertz CT molecular complexity index is 941. The number of alkyl carbamates (subject to hydrolysis) is 1. The summed E-state index contributed by atoms with van der Waals surface area (Å²) < 4.78 is 5.93. The molecule has 2 aromatic carbocycles. The zero-order valence-corrected chi connectivity index (χ0v) is 17.4. The van der Waals surface area contributed by atoms with Gasteiger partial charge < -0.3 is 15.4 Å². The molecule has 0 aliphatic rings. The van der Waals surface area contributed by atoms with E-state index in [0.29, 0.717) is 26.1 Å². The van der Waals surface area contributed by atoms with Gasteiger partial charge in [-0.1, -0.05) is 42.5 Å². The molecule has 2 amide bonds. The highest BCUT2D eigenvalue weighted by Crippen LogP contribution is 2.32. The van der Waals surface area contributed by atoms with E-state index < -0.39 is 11.5 Å². The van der Waals surface area contributed by atoms with E-state index in [9.17, 15) is 9.59 Å². The minimum Gasteiger partial charge on any atom is -0.450 e. The number of amides is 2. The van der Waals surface area contributed by atoms with Gasteiger partial charge in [0.2, 0.25) is 5.91 Å². The van der Waals surface area contributed by atoms with Gasteiger partial charge in [0.05, 0.1) is 27.2 Å². The lowest BCUT2D eigenvalue weighted by Crippen LogP contribution is -2.46. The van der Waals surface area contributed by atoms with Crippen LogP contribution in [0.5, 0.6) is 0 Å². The number of fused-ring (bicyclic) bond motifs is 1. The van der Waals surface area contributed by atoms with Gasteiger partial charge in [-0.3, -0.25) is 4.79 Å². The summed E-state index contributed by atoms with van der Waals surface area (Å²) in [6.45, 7) is 4.61. The first-order valence-electron chi connectivity index (χ1n) is 9.62. The van der Waals surface area contributed by atoms with Crippen molar-refractivity contribution in [3.63, 3.8) is 0 Å². The van der Waals surface area contributed by atoms with Crippen molar-refractivity contribution in [3.05, 3.63) is 65.2 Å². The topological polar surface area (TPSA) is 80.3 Å². The molecule has 1 unspecified atom stereocenters. The number of para-hydroxylation sites is 1. The molecule has 3 aromatic rings. The average molecular weight is 412 g/mol. The van der Waals surface area contributed by atoms with E-state index >= 15 is 0 Å². The molecule has 7 heteroatoms. The summed E-state index contributed by atoms with van der Waals surface area (Å²) in [6.07, 6.45) is 0.00933. The molecule has 1 aromatic heterocycles. The fourth-order valence-corrected chi connectivity index (χ4v) is 4.26. The summed E-state index contributed by atoms with van der Waals surface area (Å²) in [5, 5.41) is 6.47. The third kappa shape index (κ3) is 5.12. The second-order valence-electron chi connectivity index (χ2n) is 6.85. The molecule has 0 aliphatic carbocycles. The Labute approximate surface area is 174 Å². The molecule has 0 fully saturated rings. The van der Waals surface area contributed by atoms with Crippen LogP contribution >= 0.6 is 11.3 Å². The molecule has 0 saturated heterocycles. The number of thiazole rings is 1. The Morgan fingerprint density at radius 2 is 1.72 bits per heavy atom. The van der Waals surface area contributed by atoms with Crippen molar-refractivity contribution in [2.45, 2.75) is 25.7 Å². The fraction of sp³-hybridized carbons (Fsp3) is 0.318. The Kier molecular flexibility index (Phi) is 6.82. The summed E-state index contributed by atoms with van der Waals surface area (Å²) in [5.41, 5.74) is 1.09. The average Bonchev–Trinajstić information content (AvgIpc) is 3.14. The molecule has 152 valence electrons. The molecule has 1 atom stereocenters. The first kappa shape index (κ1) is 20.8. The Hall–Kier alpha value is -2.93. The van der Waals surface area contributed by atoms with Crippen LogP contribution in [-0.4, -0.2) is 36.7 Å². The van der Waals surface area contributed by atoms with Crippen LogP contribution in [0.3, 0.4) is 0 Å². The first-order valence-corrected chi connectivity index (χ1v) is 10.4. The summed E-state index contributed by atoms with van der Waals surface area (Å²) >= 11 is 1.61. The number of carbonyl (C=O) groups is 2. The highest BCUT2D eigenvalue weighted by Gasteiger charge is 2.36. The van der Waals surface area contributed by atoms with Crippen LogP contribution in [0.4, 0.5) is 4.79 Å². The minimum absolute atomic E-state index is 0.103. The molecule has 0 saturated carbocycles. The maximum Gasteiger partial charge on any atom is 0.407 e. The lowest BCUT2D eigenvalue weighted by molar-refractivity contribution is -0.126. The quantitative estimate of drug-likeness (QED) is 0.555. The van der Waals surface area contributed by atoms with Gasteiger partial charge >= 0.3 is 6.09 Å². The maximum absolute atomic E-state index is 13.2.